The fourth-order valence-corrected chi connectivity index (χ4v) is 3.23. The zero-order valence-electron chi connectivity index (χ0n) is 14.4. The van der Waals surface area contributed by atoms with Gasteiger partial charge in [-0.3, -0.25) is 9.69 Å². The molecular formula is C17H35N3O. The molecule has 0 aliphatic carbocycles. The summed E-state index contributed by atoms with van der Waals surface area (Å²) in [6.07, 6.45) is 6.41. The van der Waals surface area contributed by atoms with Crippen LogP contribution in [0.25, 0.3) is 0 Å². The molecule has 1 heterocycles. The Balaban J connectivity index is 2.44. The van der Waals surface area contributed by atoms with Crippen molar-refractivity contribution in [1.29, 1.82) is 0 Å². The third-order valence-corrected chi connectivity index (χ3v) is 4.29. The van der Waals surface area contributed by atoms with Crippen molar-refractivity contribution in [3.8, 4) is 0 Å². The summed E-state index contributed by atoms with van der Waals surface area (Å²) in [6.45, 7) is 12.6. The highest BCUT2D eigenvalue weighted by Gasteiger charge is 2.21. The van der Waals surface area contributed by atoms with Gasteiger partial charge in [-0.2, -0.15) is 0 Å². The van der Waals surface area contributed by atoms with Crippen molar-refractivity contribution in [2.75, 3.05) is 39.3 Å². The summed E-state index contributed by atoms with van der Waals surface area (Å²) in [7, 11) is 0. The van der Waals surface area contributed by atoms with Crippen LogP contribution in [0.3, 0.4) is 0 Å². The van der Waals surface area contributed by atoms with Gasteiger partial charge in [0.2, 0.25) is 5.91 Å². The molecule has 0 bridgehead atoms. The molecule has 4 nitrogen and oxygen atoms in total. The minimum atomic E-state index is 0.341. The molecule has 1 rings (SSSR count). The minimum Gasteiger partial charge on any atom is -0.343 e. The molecule has 0 aromatic rings. The van der Waals surface area contributed by atoms with E-state index in [9.17, 15) is 4.79 Å². The van der Waals surface area contributed by atoms with Crippen LogP contribution in [0.2, 0.25) is 0 Å². The van der Waals surface area contributed by atoms with E-state index in [1.807, 2.05) is 4.90 Å². The van der Waals surface area contributed by atoms with E-state index in [-0.39, 0.29) is 0 Å². The molecule has 0 unspecified atom stereocenters. The van der Waals surface area contributed by atoms with Gasteiger partial charge in [0.1, 0.15) is 0 Å². The van der Waals surface area contributed by atoms with Crippen LogP contribution in [0.5, 0.6) is 0 Å². The van der Waals surface area contributed by atoms with Crippen molar-refractivity contribution in [3.05, 3.63) is 0 Å². The maximum Gasteiger partial charge on any atom is 0.223 e. The molecule has 0 spiro atoms. The van der Waals surface area contributed by atoms with Gasteiger partial charge < -0.3 is 10.2 Å². The molecule has 0 saturated carbocycles. The van der Waals surface area contributed by atoms with Crippen molar-refractivity contribution in [3.63, 3.8) is 0 Å². The molecule has 0 aromatic heterocycles. The Morgan fingerprint density at radius 3 is 2.05 bits per heavy atom. The Hall–Kier alpha value is -0.610. The van der Waals surface area contributed by atoms with Crippen LogP contribution in [0.15, 0.2) is 0 Å². The SMILES string of the molecule is CCCN(CCC)C(=O)CCN(CCC)C1CCNCC1. The average molecular weight is 297 g/mol. The number of piperidine rings is 1. The third-order valence-electron chi connectivity index (χ3n) is 4.29. The van der Waals surface area contributed by atoms with Gasteiger partial charge in [0.25, 0.3) is 0 Å². The van der Waals surface area contributed by atoms with E-state index in [4.69, 9.17) is 0 Å². The Kier molecular flexibility index (Phi) is 9.68. The third kappa shape index (κ3) is 6.79. The van der Waals surface area contributed by atoms with E-state index in [0.717, 1.165) is 52.1 Å². The number of amides is 1. The van der Waals surface area contributed by atoms with E-state index < -0.39 is 0 Å². The maximum absolute atomic E-state index is 12.4. The van der Waals surface area contributed by atoms with Crippen LogP contribution in [0.4, 0.5) is 0 Å². The zero-order chi connectivity index (χ0) is 15.5. The molecule has 1 saturated heterocycles. The first-order chi connectivity index (χ1) is 10.2. The first kappa shape index (κ1) is 18.4. The fourth-order valence-electron chi connectivity index (χ4n) is 3.23. The molecule has 0 aromatic carbocycles. The molecule has 1 amide bonds. The summed E-state index contributed by atoms with van der Waals surface area (Å²) in [5.74, 6) is 0.341. The monoisotopic (exact) mass is 297 g/mol. The lowest BCUT2D eigenvalue weighted by Crippen LogP contribution is -2.45. The van der Waals surface area contributed by atoms with Crippen LogP contribution < -0.4 is 5.32 Å². The lowest BCUT2D eigenvalue weighted by molar-refractivity contribution is -0.131. The van der Waals surface area contributed by atoms with Gasteiger partial charge in [0.15, 0.2) is 0 Å². The summed E-state index contributed by atoms with van der Waals surface area (Å²) in [5, 5.41) is 3.43. The van der Waals surface area contributed by atoms with Gasteiger partial charge >= 0.3 is 0 Å². The van der Waals surface area contributed by atoms with E-state index in [0.29, 0.717) is 18.4 Å². The normalized spacial score (nSPS) is 16.4. The van der Waals surface area contributed by atoms with Gasteiger partial charge in [-0.05, 0) is 51.7 Å². The lowest BCUT2D eigenvalue weighted by Gasteiger charge is -2.35. The van der Waals surface area contributed by atoms with Crippen molar-refractivity contribution >= 4 is 5.91 Å². The largest absolute Gasteiger partial charge is 0.343 e. The molecular weight excluding hydrogens is 262 g/mol. The topological polar surface area (TPSA) is 35.6 Å². The van der Waals surface area contributed by atoms with Crippen molar-refractivity contribution < 1.29 is 4.79 Å². The Morgan fingerprint density at radius 1 is 0.952 bits per heavy atom. The molecule has 21 heavy (non-hydrogen) atoms. The smallest absolute Gasteiger partial charge is 0.223 e. The zero-order valence-corrected chi connectivity index (χ0v) is 14.4. The summed E-state index contributed by atoms with van der Waals surface area (Å²) in [4.78, 5) is 17.0. The quantitative estimate of drug-likeness (QED) is 0.673. The van der Waals surface area contributed by atoms with Gasteiger partial charge in [-0.25, -0.2) is 0 Å². The number of carbonyl (C=O) groups is 1. The summed E-state index contributed by atoms with van der Waals surface area (Å²) in [6, 6.07) is 0.671. The lowest BCUT2D eigenvalue weighted by atomic mass is 10.0. The average Bonchev–Trinajstić information content (AvgIpc) is 2.51. The van der Waals surface area contributed by atoms with E-state index in [2.05, 4.69) is 31.0 Å². The summed E-state index contributed by atoms with van der Waals surface area (Å²) >= 11 is 0. The van der Waals surface area contributed by atoms with Gasteiger partial charge in [0, 0.05) is 32.1 Å². The molecule has 1 N–H and O–H groups in total. The van der Waals surface area contributed by atoms with Gasteiger partial charge in [-0.15, -0.1) is 0 Å². The maximum atomic E-state index is 12.4. The van der Waals surface area contributed by atoms with Crippen LogP contribution in [-0.2, 0) is 4.79 Å². The standard InChI is InChI=1S/C17H35N3O/c1-4-12-19(16-7-10-18-11-8-16)15-9-17(21)20(13-5-2)14-6-3/h16,18H,4-15H2,1-3H3. The second-order valence-corrected chi connectivity index (χ2v) is 6.15. The molecule has 1 aliphatic heterocycles. The summed E-state index contributed by atoms with van der Waals surface area (Å²) < 4.78 is 0. The number of hydrogen-bond donors (Lipinski definition) is 1. The molecule has 0 atom stereocenters. The van der Waals surface area contributed by atoms with Crippen LogP contribution >= 0.6 is 0 Å². The van der Waals surface area contributed by atoms with Crippen LogP contribution in [0.1, 0.15) is 59.3 Å². The van der Waals surface area contributed by atoms with Crippen molar-refractivity contribution in [1.82, 2.24) is 15.1 Å². The molecule has 0 radical (unpaired) electrons. The molecule has 1 fully saturated rings. The number of rotatable bonds is 10. The molecule has 1 aliphatic rings. The Bertz CT molecular complexity index is 271. The number of nitrogens with one attached hydrogen (secondary N) is 1. The highest BCUT2D eigenvalue weighted by atomic mass is 16.2. The van der Waals surface area contributed by atoms with E-state index in [1.54, 1.807) is 0 Å². The minimum absolute atomic E-state index is 0.341. The number of nitrogens with zero attached hydrogens (tertiary/aromatic N) is 2. The first-order valence-corrected chi connectivity index (χ1v) is 8.95. The number of hydrogen-bond acceptors (Lipinski definition) is 3. The van der Waals surface area contributed by atoms with Crippen LogP contribution in [-0.4, -0.2) is 61.0 Å². The second kappa shape index (κ2) is 11.0. The van der Waals surface area contributed by atoms with Gasteiger partial charge in [-0.1, -0.05) is 20.8 Å². The summed E-state index contributed by atoms with van der Waals surface area (Å²) in [5.41, 5.74) is 0. The van der Waals surface area contributed by atoms with Crippen molar-refractivity contribution in [2.45, 2.75) is 65.3 Å². The van der Waals surface area contributed by atoms with E-state index >= 15 is 0 Å². The predicted molar refractivity (Wildman–Crippen MR) is 89.5 cm³/mol. The van der Waals surface area contributed by atoms with E-state index in [1.165, 1.54) is 19.3 Å². The Morgan fingerprint density at radius 2 is 1.52 bits per heavy atom. The van der Waals surface area contributed by atoms with Crippen LogP contribution in [0, 0.1) is 0 Å². The molecule has 4 heteroatoms. The van der Waals surface area contributed by atoms with Crippen molar-refractivity contribution in [2.24, 2.45) is 0 Å². The number of carbonyl (C=O) groups excluding carboxylic acids is 1. The molecule has 124 valence electrons. The Labute approximate surface area is 131 Å². The predicted octanol–water partition coefficient (Wildman–Crippen LogP) is 2.49. The highest BCUT2D eigenvalue weighted by Crippen LogP contribution is 2.13. The van der Waals surface area contributed by atoms with Gasteiger partial charge in [0.05, 0.1) is 0 Å². The highest BCUT2D eigenvalue weighted by molar-refractivity contribution is 5.76. The first-order valence-electron chi connectivity index (χ1n) is 8.95. The second-order valence-electron chi connectivity index (χ2n) is 6.15. The fraction of sp³-hybridized carbons (Fsp3) is 0.941.